The number of rotatable bonds is 0. The molecule has 0 unspecified atom stereocenters. The van der Waals surface area contributed by atoms with Gasteiger partial charge >= 0.3 is 0 Å². The number of anilines is 2. The minimum Gasteiger partial charge on any atom is -0.367 e. The fourth-order valence-electron chi connectivity index (χ4n) is 0.333. The molecule has 0 aliphatic carbocycles. The highest BCUT2D eigenvalue weighted by Gasteiger charge is 1.78. The van der Waals surface area contributed by atoms with E-state index in [-0.39, 0.29) is 11.9 Å². The molecule has 0 aliphatic heterocycles. The van der Waals surface area contributed by atoms with E-state index in [0.717, 1.165) is 0 Å². The van der Waals surface area contributed by atoms with Gasteiger partial charge < -0.3 is 21.9 Å². The van der Waals surface area contributed by atoms with Crippen LogP contribution in [0.2, 0.25) is 0 Å². The van der Waals surface area contributed by atoms with E-state index in [9.17, 15) is 0 Å². The quantitative estimate of drug-likeness (QED) is 0.207. The van der Waals surface area contributed by atoms with Crippen molar-refractivity contribution in [2.45, 2.75) is 0 Å². The summed E-state index contributed by atoms with van der Waals surface area (Å²) in [5.74, 6) is 0.491. The number of nitrogens with zero attached hydrogens (tertiary/aromatic N) is 8. The molecule has 0 aromatic carbocycles. The van der Waals surface area contributed by atoms with Gasteiger partial charge in [0, 0.05) is 0 Å². The zero-order valence-corrected chi connectivity index (χ0v) is 9.26. The summed E-state index contributed by atoms with van der Waals surface area (Å²) in [6, 6.07) is 0. The summed E-state index contributed by atoms with van der Waals surface area (Å²) in [5.41, 5.74) is 9.97. The number of tetrazole rings is 2. The molecule has 18 heteroatoms. The van der Waals surface area contributed by atoms with Crippen LogP contribution in [0.15, 0.2) is 0 Å². The van der Waals surface area contributed by atoms with E-state index in [2.05, 4.69) is 41.2 Å². The van der Waals surface area contributed by atoms with Crippen LogP contribution in [0.5, 0.6) is 0 Å². The Hall–Kier alpha value is -3.86. The number of hydrogen-bond donors (Lipinski definition) is 6. The Balaban J connectivity index is 0. The molecule has 0 saturated heterocycles. The van der Waals surface area contributed by atoms with Crippen molar-refractivity contribution in [1.29, 1.82) is 0 Å². The maximum Gasteiger partial charge on any atom is 0.291 e. The van der Waals surface area contributed by atoms with Crippen LogP contribution in [0.1, 0.15) is 0 Å². The van der Waals surface area contributed by atoms with Gasteiger partial charge in [0.15, 0.2) is 0 Å². The third kappa shape index (κ3) is 23.7. The van der Waals surface area contributed by atoms with Crippen LogP contribution in [0.4, 0.5) is 11.9 Å². The first kappa shape index (κ1) is 18.5. The zero-order chi connectivity index (χ0) is 16.0. The molecule has 20 heavy (non-hydrogen) atoms. The third-order valence-corrected chi connectivity index (χ3v) is 0.723. The second-order valence-electron chi connectivity index (χ2n) is 2.05. The predicted molar refractivity (Wildman–Crippen MR) is 54.7 cm³/mol. The summed E-state index contributed by atoms with van der Waals surface area (Å²) in [5, 5.41) is 51.1. The average molecular weight is 296 g/mol. The number of nitrogen functional groups attached to an aromatic ring is 2. The van der Waals surface area contributed by atoms with Gasteiger partial charge in [-0.15, -0.1) is 20.2 Å². The van der Waals surface area contributed by atoms with Gasteiger partial charge in [0.2, 0.25) is 11.9 Å². The normalized spacial score (nSPS) is 7.60. The maximum absolute atomic E-state index is 8.36. The van der Waals surface area contributed by atoms with Crippen molar-refractivity contribution < 1.29 is 20.6 Å². The van der Waals surface area contributed by atoms with Gasteiger partial charge in [-0.2, -0.15) is 0 Å². The SMILES string of the molecule is Nc1nnn[nH]1.Nc1nnn[nH]1.O=[N+]([O-])O.O=[N+]([O-])O. The van der Waals surface area contributed by atoms with Crippen LogP contribution in [-0.2, 0) is 0 Å². The van der Waals surface area contributed by atoms with E-state index in [0.29, 0.717) is 0 Å². The van der Waals surface area contributed by atoms with Crippen molar-refractivity contribution in [3.05, 3.63) is 20.2 Å². The molecular weight excluding hydrogens is 288 g/mol. The van der Waals surface area contributed by atoms with E-state index in [1.54, 1.807) is 0 Å². The number of aromatic nitrogens is 8. The van der Waals surface area contributed by atoms with E-state index >= 15 is 0 Å². The summed E-state index contributed by atoms with van der Waals surface area (Å²) in [6.07, 6.45) is 0. The van der Waals surface area contributed by atoms with Crippen LogP contribution in [0, 0.1) is 20.2 Å². The molecule has 0 spiro atoms. The monoisotopic (exact) mass is 296 g/mol. The lowest BCUT2D eigenvalue weighted by molar-refractivity contribution is -0.742. The van der Waals surface area contributed by atoms with Gasteiger partial charge in [-0.25, -0.2) is 10.2 Å². The Kier molecular flexibility index (Phi) is 10.8. The predicted octanol–water partition coefficient (Wildman–Crippen LogP) is -3.13. The van der Waals surface area contributed by atoms with Crippen molar-refractivity contribution in [2.75, 3.05) is 11.5 Å². The topological polar surface area (TPSA) is 288 Å². The standard InChI is InChI=1S/2CH3N5.2HNO3/c2*2-1-3-5-6-4-1;2*2-1(3)4/h2*(H3,2,3,4,5,6);2*(H,2,3,4). The van der Waals surface area contributed by atoms with Crippen LogP contribution in [0.25, 0.3) is 0 Å². The Morgan fingerprint density at radius 3 is 1.20 bits per heavy atom. The summed E-state index contributed by atoms with van der Waals surface area (Å²) in [4.78, 5) is 16.7. The van der Waals surface area contributed by atoms with Gasteiger partial charge in [0.25, 0.3) is 10.2 Å². The minimum absolute atomic E-state index is 0.245. The first-order valence-electron chi connectivity index (χ1n) is 3.90. The first-order valence-corrected chi connectivity index (χ1v) is 3.90. The van der Waals surface area contributed by atoms with E-state index in [4.69, 9.17) is 42.1 Å². The molecule has 0 atom stereocenters. The molecule has 2 aromatic rings. The number of hydrogen-bond acceptors (Lipinski definition) is 12. The lowest BCUT2D eigenvalue weighted by Crippen LogP contribution is -1.84. The lowest BCUT2D eigenvalue weighted by Gasteiger charge is -1.65. The highest BCUT2D eigenvalue weighted by molar-refractivity contribution is 5.05. The fourth-order valence-corrected chi connectivity index (χ4v) is 0.333. The molecule has 8 N–H and O–H groups in total. The first-order chi connectivity index (χ1) is 9.25. The van der Waals surface area contributed by atoms with Crippen LogP contribution >= 0.6 is 0 Å². The van der Waals surface area contributed by atoms with Crippen molar-refractivity contribution in [3.8, 4) is 0 Å². The van der Waals surface area contributed by atoms with Crippen molar-refractivity contribution in [3.63, 3.8) is 0 Å². The molecule has 112 valence electrons. The zero-order valence-electron chi connectivity index (χ0n) is 9.26. The van der Waals surface area contributed by atoms with Crippen LogP contribution in [-0.4, -0.2) is 61.8 Å². The Bertz CT molecular complexity index is 398. The molecule has 18 nitrogen and oxygen atoms in total. The maximum atomic E-state index is 8.36. The average Bonchev–Trinajstić information content (AvgIpc) is 2.91. The van der Waals surface area contributed by atoms with Crippen LogP contribution < -0.4 is 11.5 Å². The van der Waals surface area contributed by atoms with Gasteiger partial charge in [-0.05, 0) is 20.9 Å². The Morgan fingerprint density at radius 2 is 1.15 bits per heavy atom. The highest BCUT2D eigenvalue weighted by atomic mass is 16.9. The smallest absolute Gasteiger partial charge is 0.291 e. The summed E-state index contributed by atoms with van der Waals surface area (Å²) < 4.78 is 0. The molecule has 0 saturated carbocycles. The molecule has 0 fully saturated rings. The van der Waals surface area contributed by atoms with Gasteiger partial charge in [0.05, 0.1) is 0 Å². The van der Waals surface area contributed by atoms with Gasteiger partial charge in [-0.1, -0.05) is 10.2 Å². The second kappa shape index (κ2) is 11.6. The van der Waals surface area contributed by atoms with Crippen LogP contribution in [0.3, 0.4) is 0 Å². The Morgan fingerprint density at radius 1 is 0.900 bits per heavy atom. The molecule has 0 aliphatic rings. The number of nitrogens with one attached hydrogen (secondary N) is 2. The number of aromatic amines is 2. The Labute approximate surface area is 107 Å². The van der Waals surface area contributed by atoms with Crippen molar-refractivity contribution in [1.82, 2.24) is 41.2 Å². The molecule has 0 amide bonds. The van der Waals surface area contributed by atoms with E-state index < -0.39 is 10.2 Å². The summed E-state index contributed by atoms with van der Waals surface area (Å²) in [6.45, 7) is 0. The van der Waals surface area contributed by atoms with Crippen molar-refractivity contribution >= 4 is 11.9 Å². The van der Waals surface area contributed by atoms with Gasteiger partial charge in [0.1, 0.15) is 0 Å². The molecule has 2 aromatic heterocycles. The molecule has 0 bridgehead atoms. The largest absolute Gasteiger partial charge is 0.367 e. The van der Waals surface area contributed by atoms with E-state index in [1.165, 1.54) is 0 Å². The lowest BCUT2D eigenvalue weighted by atomic mass is 11.2. The summed E-state index contributed by atoms with van der Waals surface area (Å²) in [7, 11) is 0. The van der Waals surface area contributed by atoms with Gasteiger partial charge in [-0.3, -0.25) is 0 Å². The second-order valence-corrected chi connectivity index (χ2v) is 2.05. The van der Waals surface area contributed by atoms with Crippen molar-refractivity contribution in [2.24, 2.45) is 0 Å². The molecule has 0 radical (unpaired) electrons. The molecule has 2 heterocycles. The number of H-pyrrole nitrogens is 2. The molecular formula is C2H8N12O6. The molecule has 2 rings (SSSR count). The minimum atomic E-state index is -1.50. The number of nitrogens with two attached hydrogens (primary N) is 2. The summed E-state index contributed by atoms with van der Waals surface area (Å²) >= 11 is 0. The third-order valence-electron chi connectivity index (χ3n) is 0.723. The highest BCUT2D eigenvalue weighted by Crippen LogP contribution is 1.72. The fraction of sp³-hybridized carbons (Fsp3) is 0. The van der Waals surface area contributed by atoms with E-state index in [1.807, 2.05) is 0 Å².